The van der Waals surface area contributed by atoms with Crippen molar-refractivity contribution in [3.8, 4) is 5.75 Å². The van der Waals surface area contributed by atoms with Crippen LogP contribution >= 0.6 is 0 Å². The molecule has 0 aliphatic carbocycles. The first-order valence-corrected chi connectivity index (χ1v) is 5.35. The molecule has 1 rings (SSSR count). The predicted molar refractivity (Wildman–Crippen MR) is 65.1 cm³/mol. The number of hydrogen-bond acceptors (Lipinski definition) is 3. The molecule has 17 heavy (non-hydrogen) atoms. The van der Waals surface area contributed by atoms with Gasteiger partial charge in [0.1, 0.15) is 5.75 Å². The number of aliphatic carboxylic acids is 1. The zero-order valence-electron chi connectivity index (χ0n) is 9.76. The second kappa shape index (κ2) is 7.46. The number of benzene rings is 1. The predicted octanol–water partition coefficient (Wildman–Crippen LogP) is 2.20. The van der Waals surface area contributed by atoms with Crippen molar-refractivity contribution in [2.45, 2.75) is 6.42 Å². The van der Waals surface area contributed by atoms with E-state index in [1.807, 2.05) is 24.3 Å². The van der Waals surface area contributed by atoms with Gasteiger partial charge in [-0.3, -0.25) is 0 Å². The maximum atomic E-state index is 10.3. The number of rotatable bonds is 7. The van der Waals surface area contributed by atoms with Gasteiger partial charge in [0.15, 0.2) is 0 Å². The Bertz CT molecular complexity index is 368. The quantitative estimate of drug-likeness (QED) is 0.582. The lowest BCUT2D eigenvalue weighted by molar-refractivity contribution is -0.131. The third-order valence-electron chi connectivity index (χ3n) is 2.06. The van der Waals surface area contributed by atoms with E-state index in [4.69, 9.17) is 14.6 Å². The molecule has 0 unspecified atom stereocenters. The van der Waals surface area contributed by atoms with Crippen LogP contribution in [-0.4, -0.2) is 31.4 Å². The number of carboxylic acid groups (broad SMARTS) is 1. The molecule has 1 N–H and O–H groups in total. The van der Waals surface area contributed by atoms with Crippen LogP contribution in [0.3, 0.4) is 0 Å². The maximum absolute atomic E-state index is 10.3. The summed E-state index contributed by atoms with van der Waals surface area (Å²) >= 11 is 0. The molecule has 0 amide bonds. The minimum Gasteiger partial charge on any atom is -0.494 e. The average Bonchev–Trinajstić information content (AvgIpc) is 2.33. The first-order valence-electron chi connectivity index (χ1n) is 5.35. The van der Waals surface area contributed by atoms with Crippen molar-refractivity contribution >= 4 is 12.0 Å². The lowest BCUT2D eigenvalue weighted by Crippen LogP contribution is -2.01. The normalized spacial score (nSPS) is 10.6. The standard InChI is InChI=1S/C13H16O4/c1-16-9-2-10-17-12-6-3-11(4-7-12)5-8-13(14)15/h3-8H,2,9-10H2,1H3,(H,14,15)/b8-5+. The molecule has 0 heterocycles. The monoisotopic (exact) mass is 236 g/mol. The van der Waals surface area contributed by atoms with Gasteiger partial charge >= 0.3 is 5.97 Å². The van der Waals surface area contributed by atoms with E-state index in [0.29, 0.717) is 13.2 Å². The second-order valence-corrected chi connectivity index (χ2v) is 3.44. The molecular formula is C13H16O4. The molecule has 0 radical (unpaired) electrons. The third-order valence-corrected chi connectivity index (χ3v) is 2.06. The summed E-state index contributed by atoms with van der Waals surface area (Å²) in [6, 6.07) is 7.25. The third kappa shape index (κ3) is 5.73. The summed E-state index contributed by atoms with van der Waals surface area (Å²) in [5.41, 5.74) is 0.830. The Hall–Kier alpha value is -1.81. The van der Waals surface area contributed by atoms with Gasteiger partial charge in [0, 0.05) is 26.2 Å². The molecule has 4 heteroatoms. The van der Waals surface area contributed by atoms with Crippen LogP contribution in [0.5, 0.6) is 5.75 Å². The molecule has 0 aromatic heterocycles. The van der Waals surface area contributed by atoms with Gasteiger partial charge in [-0.1, -0.05) is 12.1 Å². The molecule has 0 spiro atoms. The van der Waals surface area contributed by atoms with E-state index in [1.54, 1.807) is 7.11 Å². The van der Waals surface area contributed by atoms with Gasteiger partial charge in [-0.05, 0) is 23.8 Å². The van der Waals surface area contributed by atoms with Crippen LogP contribution < -0.4 is 4.74 Å². The van der Waals surface area contributed by atoms with Gasteiger partial charge < -0.3 is 14.6 Å². The fraction of sp³-hybridized carbons (Fsp3) is 0.308. The number of carboxylic acids is 1. The van der Waals surface area contributed by atoms with E-state index in [1.165, 1.54) is 6.08 Å². The molecule has 4 nitrogen and oxygen atoms in total. The fourth-order valence-electron chi connectivity index (χ4n) is 1.24. The molecule has 0 bridgehead atoms. The van der Waals surface area contributed by atoms with Crippen LogP contribution in [0.1, 0.15) is 12.0 Å². The number of hydrogen-bond donors (Lipinski definition) is 1. The highest BCUT2D eigenvalue weighted by Gasteiger charge is 1.94. The Labute approximate surface area is 100 Å². The van der Waals surface area contributed by atoms with Crippen LogP contribution in [0.4, 0.5) is 0 Å². The van der Waals surface area contributed by atoms with Crippen molar-refractivity contribution in [3.05, 3.63) is 35.9 Å². The molecule has 0 saturated carbocycles. The molecule has 0 aliphatic rings. The lowest BCUT2D eigenvalue weighted by Gasteiger charge is -2.05. The molecule has 0 saturated heterocycles. The van der Waals surface area contributed by atoms with E-state index >= 15 is 0 Å². The van der Waals surface area contributed by atoms with E-state index in [-0.39, 0.29) is 0 Å². The van der Waals surface area contributed by atoms with Crippen molar-refractivity contribution in [1.29, 1.82) is 0 Å². The summed E-state index contributed by atoms with van der Waals surface area (Å²) in [5.74, 6) is -0.182. The Morgan fingerprint density at radius 2 is 2.00 bits per heavy atom. The summed E-state index contributed by atoms with van der Waals surface area (Å²) in [6.07, 6.45) is 3.49. The van der Waals surface area contributed by atoms with Gasteiger partial charge in [-0.15, -0.1) is 0 Å². The van der Waals surface area contributed by atoms with Crippen molar-refractivity contribution in [2.24, 2.45) is 0 Å². The number of ether oxygens (including phenoxy) is 2. The van der Waals surface area contributed by atoms with E-state index in [9.17, 15) is 4.79 Å². The Balaban J connectivity index is 2.42. The first kappa shape index (κ1) is 13.3. The summed E-state index contributed by atoms with van der Waals surface area (Å²) < 4.78 is 10.4. The summed E-state index contributed by atoms with van der Waals surface area (Å²) in [5, 5.41) is 8.47. The topological polar surface area (TPSA) is 55.8 Å². The van der Waals surface area contributed by atoms with Crippen molar-refractivity contribution < 1.29 is 19.4 Å². The maximum Gasteiger partial charge on any atom is 0.328 e. The smallest absolute Gasteiger partial charge is 0.328 e. The van der Waals surface area contributed by atoms with Gasteiger partial charge in [-0.2, -0.15) is 0 Å². The Morgan fingerprint density at radius 3 is 2.59 bits per heavy atom. The van der Waals surface area contributed by atoms with Crippen LogP contribution in [-0.2, 0) is 9.53 Å². The molecule has 0 aliphatic heterocycles. The zero-order valence-corrected chi connectivity index (χ0v) is 9.76. The van der Waals surface area contributed by atoms with Gasteiger partial charge in [-0.25, -0.2) is 4.79 Å². The molecule has 92 valence electrons. The van der Waals surface area contributed by atoms with Crippen molar-refractivity contribution in [3.63, 3.8) is 0 Å². The number of methoxy groups -OCH3 is 1. The second-order valence-electron chi connectivity index (χ2n) is 3.44. The average molecular weight is 236 g/mol. The van der Waals surface area contributed by atoms with Gasteiger partial charge in [0.05, 0.1) is 6.61 Å². The largest absolute Gasteiger partial charge is 0.494 e. The highest BCUT2D eigenvalue weighted by Crippen LogP contribution is 2.13. The van der Waals surface area contributed by atoms with Gasteiger partial charge in [0.2, 0.25) is 0 Å². The van der Waals surface area contributed by atoms with Crippen molar-refractivity contribution in [1.82, 2.24) is 0 Å². The summed E-state index contributed by atoms with van der Waals surface area (Å²) in [7, 11) is 1.66. The highest BCUT2D eigenvalue weighted by molar-refractivity contribution is 5.85. The van der Waals surface area contributed by atoms with Crippen LogP contribution in [0, 0.1) is 0 Å². The Kier molecular flexibility index (Phi) is 5.82. The van der Waals surface area contributed by atoms with Crippen LogP contribution in [0.15, 0.2) is 30.3 Å². The SMILES string of the molecule is COCCCOc1ccc(/C=C/C(=O)O)cc1. The highest BCUT2D eigenvalue weighted by atomic mass is 16.5. The number of carbonyl (C=O) groups is 1. The van der Waals surface area contributed by atoms with Crippen molar-refractivity contribution in [2.75, 3.05) is 20.3 Å². The summed E-state index contributed by atoms with van der Waals surface area (Å²) in [4.78, 5) is 10.3. The molecule has 1 aromatic rings. The zero-order chi connectivity index (χ0) is 12.5. The van der Waals surface area contributed by atoms with Gasteiger partial charge in [0.25, 0.3) is 0 Å². The molecular weight excluding hydrogens is 220 g/mol. The van der Waals surface area contributed by atoms with E-state index < -0.39 is 5.97 Å². The fourth-order valence-corrected chi connectivity index (χ4v) is 1.24. The molecule has 0 fully saturated rings. The molecule has 0 atom stereocenters. The minimum absolute atomic E-state index is 0.609. The first-order chi connectivity index (χ1) is 8.22. The lowest BCUT2D eigenvalue weighted by atomic mass is 10.2. The summed E-state index contributed by atoms with van der Waals surface area (Å²) in [6.45, 7) is 1.29. The molecule has 1 aromatic carbocycles. The minimum atomic E-state index is -0.954. The van der Waals surface area contributed by atoms with Crippen LogP contribution in [0.2, 0.25) is 0 Å². The van der Waals surface area contributed by atoms with Crippen LogP contribution in [0.25, 0.3) is 6.08 Å². The van der Waals surface area contributed by atoms with E-state index in [0.717, 1.165) is 23.8 Å². The Morgan fingerprint density at radius 1 is 1.29 bits per heavy atom. The van der Waals surface area contributed by atoms with E-state index in [2.05, 4.69) is 0 Å².